The van der Waals surface area contributed by atoms with Crippen LogP contribution in [0.2, 0.25) is 5.02 Å². The third kappa shape index (κ3) is 3.23. The van der Waals surface area contributed by atoms with E-state index in [4.69, 9.17) is 21.8 Å². The normalized spacial score (nSPS) is 10.2. The van der Waals surface area contributed by atoms with Crippen molar-refractivity contribution in [2.75, 3.05) is 24.6 Å². The Hall–Kier alpha value is -1.03. The lowest BCUT2D eigenvalue weighted by atomic mass is 10.2. The minimum atomic E-state index is -0.0263. The van der Waals surface area contributed by atoms with Crippen molar-refractivity contribution in [1.82, 2.24) is 0 Å². The molecular formula is C12H16ClNO2. The number of rotatable bonds is 6. The Morgan fingerprint density at radius 3 is 2.62 bits per heavy atom. The number of hydrogen-bond acceptors (Lipinski definition) is 3. The standard InChI is InChI=1S/C12H16ClNO2/c1-2-5-14(6-7-15)12-4-3-10(9-16)8-11(12)13/h2-4,8,15-16H,1,5-7,9H2. The number of hydrogen-bond donors (Lipinski definition) is 2. The van der Waals surface area contributed by atoms with Gasteiger partial charge in [0.25, 0.3) is 0 Å². The van der Waals surface area contributed by atoms with E-state index in [0.717, 1.165) is 11.3 Å². The van der Waals surface area contributed by atoms with Crippen molar-refractivity contribution in [3.63, 3.8) is 0 Å². The molecule has 0 atom stereocenters. The molecule has 0 aromatic heterocycles. The highest BCUT2D eigenvalue weighted by atomic mass is 35.5. The Labute approximate surface area is 101 Å². The Bertz CT molecular complexity index is 355. The summed E-state index contributed by atoms with van der Waals surface area (Å²) in [5.41, 5.74) is 1.61. The van der Waals surface area contributed by atoms with Crippen LogP contribution in [0.1, 0.15) is 5.56 Å². The summed E-state index contributed by atoms with van der Waals surface area (Å²) in [4.78, 5) is 1.93. The summed E-state index contributed by atoms with van der Waals surface area (Å²) in [7, 11) is 0. The Morgan fingerprint density at radius 1 is 1.38 bits per heavy atom. The first-order valence-corrected chi connectivity index (χ1v) is 5.46. The maximum absolute atomic E-state index is 8.97. The van der Waals surface area contributed by atoms with Crippen molar-refractivity contribution in [3.8, 4) is 0 Å². The molecule has 16 heavy (non-hydrogen) atoms. The largest absolute Gasteiger partial charge is 0.395 e. The van der Waals surface area contributed by atoms with Crippen molar-refractivity contribution < 1.29 is 10.2 Å². The molecule has 1 rings (SSSR count). The number of halogens is 1. The van der Waals surface area contributed by atoms with E-state index < -0.39 is 0 Å². The van der Waals surface area contributed by atoms with Gasteiger partial charge in [0.05, 0.1) is 23.9 Å². The van der Waals surface area contributed by atoms with Crippen LogP contribution in [0.4, 0.5) is 5.69 Å². The lowest BCUT2D eigenvalue weighted by Gasteiger charge is -2.23. The molecule has 88 valence electrons. The molecule has 0 unspecified atom stereocenters. The fourth-order valence-electron chi connectivity index (χ4n) is 1.49. The zero-order valence-corrected chi connectivity index (χ0v) is 9.82. The van der Waals surface area contributed by atoms with Crippen molar-refractivity contribution in [2.24, 2.45) is 0 Å². The zero-order chi connectivity index (χ0) is 12.0. The average Bonchev–Trinajstić information content (AvgIpc) is 2.29. The highest BCUT2D eigenvalue weighted by molar-refractivity contribution is 6.33. The SMILES string of the molecule is C=CCN(CCO)c1ccc(CO)cc1Cl. The number of anilines is 1. The molecule has 2 N–H and O–H groups in total. The number of nitrogens with zero attached hydrogens (tertiary/aromatic N) is 1. The first-order chi connectivity index (χ1) is 7.72. The summed E-state index contributed by atoms with van der Waals surface area (Å²) in [6, 6.07) is 5.38. The third-order valence-corrected chi connectivity index (χ3v) is 2.56. The van der Waals surface area contributed by atoms with Gasteiger partial charge in [0.15, 0.2) is 0 Å². The number of benzene rings is 1. The molecule has 1 aromatic rings. The van der Waals surface area contributed by atoms with Crippen LogP contribution in [-0.2, 0) is 6.61 Å². The minimum absolute atomic E-state index is 0.0263. The quantitative estimate of drug-likeness (QED) is 0.747. The predicted octanol–water partition coefficient (Wildman–Crippen LogP) is 1.82. The molecule has 0 fully saturated rings. The van der Waals surface area contributed by atoms with Crippen molar-refractivity contribution in [1.29, 1.82) is 0 Å². The molecule has 0 aliphatic heterocycles. The lowest BCUT2D eigenvalue weighted by molar-refractivity contribution is 0.282. The summed E-state index contributed by atoms with van der Waals surface area (Å²) >= 11 is 6.11. The molecule has 1 aromatic carbocycles. The smallest absolute Gasteiger partial charge is 0.0682 e. The molecular weight excluding hydrogens is 226 g/mol. The van der Waals surface area contributed by atoms with Crippen molar-refractivity contribution >= 4 is 17.3 Å². The van der Waals surface area contributed by atoms with Crippen LogP contribution < -0.4 is 4.90 Å². The van der Waals surface area contributed by atoms with E-state index in [9.17, 15) is 0 Å². The zero-order valence-electron chi connectivity index (χ0n) is 9.06. The summed E-state index contributed by atoms with van der Waals surface area (Å²) in [6.45, 7) is 4.83. The van der Waals surface area contributed by atoms with Gasteiger partial charge in [0.2, 0.25) is 0 Å². The Balaban J connectivity index is 2.94. The molecule has 0 aliphatic rings. The monoisotopic (exact) mass is 241 g/mol. The van der Waals surface area contributed by atoms with Gasteiger partial charge in [-0.3, -0.25) is 0 Å². The molecule has 0 bridgehead atoms. The van der Waals surface area contributed by atoms with Crippen LogP contribution in [0.15, 0.2) is 30.9 Å². The molecule has 0 radical (unpaired) electrons. The van der Waals surface area contributed by atoms with Crippen LogP contribution in [0.25, 0.3) is 0 Å². The van der Waals surface area contributed by atoms with Gasteiger partial charge in [0, 0.05) is 13.1 Å². The average molecular weight is 242 g/mol. The molecule has 0 saturated carbocycles. The second-order valence-corrected chi connectivity index (χ2v) is 3.81. The van der Waals surface area contributed by atoms with Gasteiger partial charge in [-0.2, -0.15) is 0 Å². The van der Waals surface area contributed by atoms with Crippen LogP contribution in [-0.4, -0.2) is 29.9 Å². The highest BCUT2D eigenvalue weighted by Gasteiger charge is 2.08. The van der Waals surface area contributed by atoms with Gasteiger partial charge in [-0.25, -0.2) is 0 Å². The Morgan fingerprint density at radius 2 is 2.12 bits per heavy atom. The van der Waals surface area contributed by atoms with E-state index in [0.29, 0.717) is 18.1 Å². The van der Waals surface area contributed by atoms with Crippen LogP contribution >= 0.6 is 11.6 Å². The van der Waals surface area contributed by atoms with Gasteiger partial charge in [-0.1, -0.05) is 23.7 Å². The fraction of sp³-hybridized carbons (Fsp3) is 0.333. The molecule has 0 amide bonds. The maximum Gasteiger partial charge on any atom is 0.0682 e. The molecule has 4 heteroatoms. The van der Waals surface area contributed by atoms with Gasteiger partial charge < -0.3 is 15.1 Å². The summed E-state index contributed by atoms with van der Waals surface area (Å²) < 4.78 is 0. The van der Waals surface area contributed by atoms with Gasteiger partial charge in [-0.05, 0) is 17.7 Å². The second-order valence-electron chi connectivity index (χ2n) is 3.40. The topological polar surface area (TPSA) is 43.7 Å². The molecule has 0 saturated heterocycles. The maximum atomic E-state index is 8.97. The molecule has 3 nitrogen and oxygen atoms in total. The van der Waals surface area contributed by atoms with Gasteiger partial charge in [-0.15, -0.1) is 6.58 Å². The molecule has 0 aliphatic carbocycles. The summed E-state index contributed by atoms with van der Waals surface area (Å²) in [6.07, 6.45) is 1.76. The predicted molar refractivity (Wildman–Crippen MR) is 66.9 cm³/mol. The number of aliphatic hydroxyl groups is 2. The van der Waals surface area contributed by atoms with E-state index in [1.165, 1.54) is 0 Å². The van der Waals surface area contributed by atoms with E-state index >= 15 is 0 Å². The van der Waals surface area contributed by atoms with Crippen LogP contribution in [0.5, 0.6) is 0 Å². The lowest BCUT2D eigenvalue weighted by Crippen LogP contribution is -2.26. The Kier molecular flexibility index (Phi) is 5.32. The van der Waals surface area contributed by atoms with Crippen molar-refractivity contribution in [2.45, 2.75) is 6.61 Å². The van der Waals surface area contributed by atoms with Gasteiger partial charge in [0.1, 0.15) is 0 Å². The van der Waals surface area contributed by atoms with E-state index in [2.05, 4.69) is 6.58 Å². The molecule has 0 spiro atoms. The fourth-order valence-corrected chi connectivity index (χ4v) is 1.81. The first kappa shape index (κ1) is 13.0. The number of aliphatic hydroxyl groups excluding tert-OH is 2. The van der Waals surface area contributed by atoms with Gasteiger partial charge >= 0.3 is 0 Å². The summed E-state index contributed by atoms with van der Waals surface area (Å²) in [5.74, 6) is 0. The first-order valence-electron chi connectivity index (χ1n) is 5.09. The second kappa shape index (κ2) is 6.53. The highest BCUT2D eigenvalue weighted by Crippen LogP contribution is 2.26. The van der Waals surface area contributed by atoms with Crippen LogP contribution in [0.3, 0.4) is 0 Å². The van der Waals surface area contributed by atoms with E-state index in [-0.39, 0.29) is 13.2 Å². The minimum Gasteiger partial charge on any atom is -0.395 e. The molecule has 0 heterocycles. The van der Waals surface area contributed by atoms with E-state index in [1.54, 1.807) is 12.1 Å². The van der Waals surface area contributed by atoms with Crippen LogP contribution in [0, 0.1) is 0 Å². The van der Waals surface area contributed by atoms with Crippen molar-refractivity contribution in [3.05, 3.63) is 41.4 Å². The summed E-state index contributed by atoms with van der Waals surface area (Å²) in [5, 5.41) is 18.5. The van der Waals surface area contributed by atoms with E-state index in [1.807, 2.05) is 17.0 Å². The third-order valence-electron chi connectivity index (χ3n) is 2.25.